The third kappa shape index (κ3) is 5.75. The van der Waals surface area contributed by atoms with Gasteiger partial charge in [0.15, 0.2) is 0 Å². The lowest BCUT2D eigenvalue weighted by molar-refractivity contribution is 0.0952. The van der Waals surface area contributed by atoms with Crippen LogP contribution in [0.5, 0.6) is 0 Å². The smallest absolute Gasteiger partial charge is 0.251 e. The van der Waals surface area contributed by atoms with Crippen molar-refractivity contribution >= 4 is 31.9 Å². The van der Waals surface area contributed by atoms with Crippen LogP contribution in [0.1, 0.15) is 23.2 Å². The molecule has 0 unspecified atom stereocenters. The molecular weight excluding hydrogens is 434 g/mol. The maximum Gasteiger partial charge on any atom is 0.251 e. The second-order valence-corrected chi connectivity index (χ2v) is 9.22. The van der Waals surface area contributed by atoms with Crippen LogP contribution in [0.25, 0.3) is 0 Å². The van der Waals surface area contributed by atoms with E-state index in [0.29, 0.717) is 18.7 Å². The highest BCUT2D eigenvalue weighted by Gasteiger charge is 2.17. The van der Waals surface area contributed by atoms with E-state index < -0.39 is 10.0 Å². The van der Waals surface area contributed by atoms with Crippen LogP contribution in [0, 0.1) is 0 Å². The molecule has 0 saturated heterocycles. The van der Waals surface area contributed by atoms with Crippen LogP contribution in [-0.4, -0.2) is 43.8 Å². The lowest BCUT2D eigenvalue weighted by Gasteiger charge is -2.11. The summed E-state index contributed by atoms with van der Waals surface area (Å²) in [7, 11) is -0.593. The van der Waals surface area contributed by atoms with E-state index in [1.807, 2.05) is 0 Å². The summed E-state index contributed by atoms with van der Waals surface area (Å²) < 4.78 is 27.6. The molecule has 1 amide bonds. The first-order valence-corrected chi connectivity index (χ1v) is 10.6. The van der Waals surface area contributed by atoms with Crippen LogP contribution < -0.4 is 10.9 Å². The van der Waals surface area contributed by atoms with Crippen LogP contribution in [-0.2, 0) is 16.6 Å². The number of aromatic nitrogens is 1. The van der Waals surface area contributed by atoms with Crippen LogP contribution in [0.15, 0.2) is 56.8 Å². The fourth-order valence-corrected chi connectivity index (χ4v) is 3.66. The van der Waals surface area contributed by atoms with Crippen molar-refractivity contribution in [2.45, 2.75) is 24.3 Å². The van der Waals surface area contributed by atoms with Gasteiger partial charge in [-0.1, -0.05) is 0 Å². The van der Waals surface area contributed by atoms with E-state index in [-0.39, 0.29) is 16.4 Å². The molecule has 0 aliphatic carbocycles. The van der Waals surface area contributed by atoms with Gasteiger partial charge in [-0.15, -0.1) is 0 Å². The molecular formula is C18H22BrN3O4S. The van der Waals surface area contributed by atoms with Gasteiger partial charge in [0, 0.05) is 49.5 Å². The number of pyridine rings is 1. The number of hydrogen-bond acceptors (Lipinski definition) is 4. The molecule has 0 aliphatic heterocycles. The van der Waals surface area contributed by atoms with Crippen molar-refractivity contribution in [3.63, 3.8) is 0 Å². The number of carbonyl (C=O) groups excluding carboxylic acids is 1. The third-order valence-electron chi connectivity index (χ3n) is 3.95. The Balaban J connectivity index is 1.82. The van der Waals surface area contributed by atoms with E-state index in [2.05, 4.69) is 21.2 Å². The van der Waals surface area contributed by atoms with Crippen molar-refractivity contribution in [3.05, 3.63) is 63.0 Å². The molecule has 0 aliphatic rings. The number of hydrogen-bond donors (Lipinski definition) is 1. The summed E-state index contributed by atoms with van der Waals surface area (Å²) in [5, 5.41) is 2.80. The first kappa shape index (κ1) is 21.3. The largest absolute Gasteiger partial charge is 0.352 e. The van der Waals surface area contributed by atoms with E-state index in [1.54, 1.807) is 16.8 Å². The molecule has 1 aromatic heterocycles. The standard InChI is InChI=1S/C18H22BrN3O4S/c1-21(2)27(25,26)16-8-5-14(6-9-16)18(24)20-11-3-4-12-22-13-15(19)7-10-17(22)23/h5-10,13H,3-4,11-12H2,1-2H3,(H,20,24). The topological polar surface area (TPSA) is 88.5 Å². The minimum absolute atomic E-state index is 0.0602. The number of rotatable bonds is 8. The first-order valence-electron chi connectivity index (χ1n) is 8.38. The van der Waals surface area contributed by atoms with Crippen molar-refractivity contribution in [2.75, 3.05) is 20.6 Å². The lowest BCUT2D eigenvalue weighted by atomic mass is 10.2. The average Bonchev–Trinajstić information content (AvgIpc) is 2.64. The summed E-state index contributed by atoms with van der Waals surface area (Å²) >= 11 is 3.33. The highest BCUT2D eigenvalue weighted by atomic mass is 79.9. The maximum absolute atomic E-state index is 12.1. The van der Waals surface area contributed by atoms with Crippen molar-refractivity contribution in [1.82, 2.24) is 14.2 Å². The number of benzene rings is 1. The number of unbranched alkanes of at least 4 members (excludes halogenated alkanes) is 1. The van der Waals surface area contributed by atoms with Gasteiger partial charge in [0.05, 0.1) is 4.90 Å². The SMILES string of the molecule is CN(C)S(=O)(=O)c1ccc(C(=O)NCCCCn2cc(Br)ccc2=O)cc1. The van der Waals surface area contributed by atoms with E-state index in [4.69, 9.17) is 0 Å². The molecule has 1 heterocycles. The Kier molecular flexibility index (Phi) is 7.34. The molecule has 2 aromatic rings. The fourth-order valence-electron chi connectivity index (χ4n) is 2.38. The van der Waals surface area contributed by atoms with Gasteiger partial charge in [0.2, 0.25) is 10.0 Å². The summed E-state index contributed by atoms with van der Waals surface area (Å²) in [4.78, 5) is 24.0. The van der Waals surface area contributed by atoms with Gasteiger partial charge in [0.1, 0.15) is 0 Å². The number of sulfonamides is 1. The summed E-state index contributed by atoms with van der Waals surface area (Å²) in [6.07, 6.45) is 3.21. The number of aryl methyl sites for hydroxylation is 1. The predicted octanol–water partition coefficient (Wildman–Crippen LogP) is 2.07. The maximum atomic E-state index is 12.1. The molecule has 2 rings (SSSR count). The molecule has 27 heavy (non-hydrogen) atoms. The Morgan fingerprint density at radius 2 is 1.78 bits per heavy atom. The van der Waals surface area contributed by atoms with Crippen molar-refractivity contribution in [1.29, 1.82) is 0 Å². The average molecular weight is 456 g/mol. The van der Waals surface area contributed by atoms with Gasteiger partial charge in [0.25, 0.3) is 11.5 Å². The van der Waals surface area contributed by atoms with Gasteiger partial charge in [-0.25, -0.2) is 12.7 Å². The molecule has 0 fully saturated rings. The highest BCUT2D eigenvalue weighted by molar-refractivity contribution is 9.10. The number of amides is 1. The molecule has 9 heteroatoms. The minimum Gasteiger partial charge on any atom is -0.352 e. The first-order chi connectivity index (χ1) is 12.7. The summed E-state index contributed by atoms with van der Waals surface area (Å²) in [6, 6.07) is 9.04. The number of nitrogens with zero attached hydrogens (tertiary/aromatic N) is 2. The highest BCUT2D eigenvalue weighted by Crippen LogP contribution is 2.14. The zero-order valence-electron chi connectivity index (χ0n) is 15.2. The van der Waals surface area contributed by atoms with Gasteiger partial charge in [-0.3, -0.25) is 9.59 Å². The van der Waals surface area contributed by atoms with Crippen LogP contribution in [0.4, 0.5) is 0 Å². The zero-order chi connectivity index (χ0) is 20.0. The van der Waals surface area contributed by atoms with Gasteiger partial charge < -0.3 is 9.88 Å². The number of halogens is 1. The molecule has 0 bridgehead atoms. The monoisotopic (exact) mass is 455 g/mol. The van der Waals surface area contributed by atoms with Crippen molar-refractivity contribution in [3.8, 4) is 0 Å². The Morgan fingerprint density at radius 1 is 1.11 bits per heavy atom. The van der Waals surface area contributed by atoms with Crippen LogP contribution in [0.3, 0.4) is 0 Å². The van der Waals surface area contributed by atoms with E-state index in [0.717, 1.165) is 21.6 Å². The van der Waals surface area contributed by atoms with E-state index in [9.17, 15) is 18.0 Å². The van der Waals surface area contributed by atoms with Gasteiger partial charge in [-0.2, -0.15) is 0 Å². The summed E-state index contributed by atoms with van der Waals surface area (Å²) in [5.74, 6) is -0.261. The minimum atomic E-state index is -3.51. The Hall–Kier alpha value is -1.97. The molecule has 0 saturated carbocycles. The van der Waals surface area contributed by atoms with Crippen LogP contribution >= 0.6 is 15.9 Å². The predicted molar refractivity (Wildman–Crippen MR) is 107 cm³/mol. The Bertz CT molecular complexity index is 953. The van der Waals surface area contributed by atoms with E-state index >= 15 is 0 Å². The molecule has 146 valence electrons. The molecule has 0 spiro atoms. The third-order valence-corrected chi connectivity index (χ3v) is 6.25. The quantitative estimate of drug-likeness (QED) is 0.617. The lowest BCUT2D eigenvalue weighted by Crippen LogP contribution is -2.25. The molecule has 0 radical (unpaired) electrons. The van der Waals surface area contributed by atoms with Gasteiger partial charge >= 0.3 is 0 Å². The van der Waals surface area contributed by atoms with E-state index in [1.165, 1.54) is 44.4 Å². The number of carbonyl (C=O) groups is 1. The summed E-state index contributed by atoms with van der Waals surface area (Å²) in [5.41, 5.74) is 0.339. The fraction of sp³-hybridized carbons (Fsp3) is 0.333. The number of nitrogens with one attached hydrogen (secondary N) is 1. The van der Waals surface area contributed by atoms with Crippen LogP contribution in [0.2, 0.25) is 0 Å². The molecule has 7 nitrogen and oxygen atoms in total. The second kappa shape index (κ2) is 9.29. The Labute approximate surface area is 167 Å². The van der Waals surface area contributed by atoms with Crippen molar-refractivity contribution in [2.24, 2.45) is 0 Å². The van der Waals surface area contributed by atoms with Gasteiger partial charge in [-0.05, 0) is 59.1 Å². The second-order valence-electron chi connectivity index (χ2n) is 6.15. The summed E-state index contributed by atoms with van der Waals surface area (Å²) in [6.45, 7) is 1.05. The normalized spacial score (nSPS) is 11.6. The molecule has 1 N–H and O–H groups in total. The Morgan fingerprint density at radius 3 is 2.41 bits per heavy atom. The molecule has 0 atom stereocenters. The molecule has 1 aromatic carbocycles. The van der Waals surface area contributed by atoms with Crippen molar-refractivity contribution < 1.29 is 13.2 Å². The zero-order valence-corrected chi connectivity index (χ0v) is 17.6.